The van der Waals surface area contributed by atoms with Crippen molar-refractivity contribution >= 4 is 27.5 Å². The molecule has 1 fully saturated rings. The van der Waals surface area contributed by atoms with Crippen LogP contribution in [0.25, 0.3) is 27.5 Å². The van der Waals surface area contributed by atoms with Crippen LogP contribution in [0.2, 0.25) is 0 Å². The number of anilines is 1. The van der Waals surface area contributed by atoms with Gasteiger partial charge in [0.25, 0.3) is 0 Å². The molecule has 3 N–H and O–H groups in total. The van der Waals surface area contributed by atoms with Crippen molar-refractivity contribution in [2.24, 2.45) is 0 Å². The van der Waals surface area contributed by atoms with Crippen molar-refractivity contribution in [3.63, 3.8) is 0 Å². The van der Waals surface area contributed by atoms with Crippen LogP contribution in [0.5, 0.6) is 0 Å². The number of rotatable bonds is 8. The second-order valence-electron chi connectivity index (χ2n) is 11.2. The van der Waals surface area contributed by atoms with Gasteiger partial charge in [-0.25, -0.2) is 0 Å². The van der Waals surface area contributed by atoms with Crippen molar-refractivity contribution in [2.75, 3.05) is 46.1 Å². The van der Waals surface area contributed by atoms with Gasteiger partial charge in [-0.1, -0.05) is 48.5 Å². The molecule has 3 atom stereocenters. The van der Waals surface area contributed by atoms with Gasteiger partial charge in [0, 0.05) is 41.1 Å². The highest BCUT2D eigenvalue weighted by Gasteiger charge is 2.47. The number of aromatic nitrogens is 2. The summed E-state index contributed by atoms with van der Waals surface area (Å²) in [5.41, 5.74) is 9.38. The van der Waals surface area contributed by atoms with Crippen LogP contribution in [0.3, 0.4) is 0 Å². The second-order valence-corrected chi connectivity index (χ2v) is 11.2. The molecular formula is C33H38N6. The highest BCUT2D eigenvalue weighted by Crippen LogP contribution is 2.51. The Morgan fingerprint density at radius 2 is 1.46 bits per heavy atom. The van der Waals surface area contributed by atoms with E-state index in [0.717, 1.165) is 32.5 Å². The van der Waals surface area contributed by atoms with Crippen LogP contribution in [0.15, 0.2) is 79.1 Å². The van der Waals surface area contributed by atoms with Gasteiger partial charge >= 0.3 is 0 Å². The van der Waals surface area contributed by atoms with Gasteiger partial charge in [-0.05, 0) is 82.0 Å². The van der Waals surface area contributed by atoms with E-state index in [1.165, 1.54) is 49.9 Å². The molecule has 5 aromatic rings. The summed E-state index contributed by atoms with van der Waals surface area (Å²) >= 11 is 0. The van der Waals surface area contributed by atoms with E-state index in [1.54, 1.807) is 0 Å². The van der Waals surface area contributed by atoms with Gasteiger partial charge in [-0.15, -0.1) is 0 Å². The molecule has 0 bridgehead atoms. The molecule has 1 saturated heterocycles. The average Bonchev–Trinajstić information content (AvgIpc) is 3.71. The zero-order valence-electron chi connectivity index (χ0n) is 23.1. The largest absolute Gasteiger partial charge is 0.367 e. The van der Waals surface area contributed by atoms with Crippen molar-refractivity contribution in [2.45, 2.75) is 31.0 Å². The standard InChI is InChI=1S/C33H38N6/c1-34-17-15-22-19-38(27-12-6-4-9-24(22)27)29-14-8-11-26-31-30(21-37(3)33(31)36-32(26)29)39-20-23(16-18-35-2)25-10-5-7-13-28(25)39/h4-14,19-20,30-31,33-36H,15-18,21H2,1-3H3/t30-,31?,33-/m0/s1. The highest BCUT2D eigenvalue weighted by atomic mass is 15.3. The lowest BCUT2D eigenvalue weighted by Gasteiger charge is -2.21. The monoisotopic (exact) mass is 518 g/mol. The molecule has 200 valence electrons. The van der Waals surface area contributed by atoms with Gasteiger partial charge in [0.2, 0.25) is 0 Å². The molecule has 2 aromatic heterocycles. The summed E-state index contributed by atoms with van der Waals surface area (Å²) in [7, 11) is 6.33. The maximum atomic E-state index is 3.99. The number of fused-ring (bicyclic) bond motifs is 5. The third kappa shape index (κ3) is 3.89. The van der Waals surface area contributed by atoms with Gasteiger partial charge in [-0.3, -0.25) is 4.90 Å². The Hall–Kier alpha value is -3.58. The molecule has 0 spiro atoms. The summed E-state index contributed by atoms with van der Waals surface area (Å²) in [6.07, 6.45) is 7.11. The van der Waals surface area contributed by atoms with E-state index in [1.807, 2.05) is 14.1 Å². The van der Waals surface area contributed by atoms with E-state index < -0.39 is 0 Å². The van der Waals surface area contributed by atoms with Crippen LogP contribution < -0.4 is 16.0 Å². The maximum Gasteiger partial charge on any atom is 0.0883 e. The molecule has 7 rings (SSSR count). The lowest BCUT2D eigenvalue weighted by molar-refractivity contribution is 0.331. The summed E-state index contributed by atoms with van der Waals surface area (Å²) in [4.78, 5) is 2.51. The van der Waals surface area contributed by atoms with Gasteiger partial charge in [0.1, 0.15) is 0 Å². The number of nitrogens with one attached hydrogen (secondary N) is 3. The average molecular weight is 519 g/mol. The minimum Gasteiger partial charge on any atom is -0.367 e. The molecule has 0 aliphatic carbocycles. The number of benzene rings is 3. The zero-order chi connectivity index (χ0) is 26.5. The molecule has 4 heterocycles. The van der Waals surface area contributed by atoms with Crippen molar-refractivity contribution in [1.29, 1.82) is 0 Å². The van der Waals surface area contributed by atoms with E-state index >= 15 is 0 Å². The number of hydrogen-bond acceptors (Lipinski definition) is 4. The van der Waals surface area contributed by atoms with Crippen molar-refractivity contribution in [1.82, 2.24) is 24.7 Å². The first-order valence-corrected chi connectivity index (χ1v) is 14.3. The summed E-state index contributed by atoms with van der Waals surface area (Å²) in [6.45, 7) is 2.98. The molecule has 3 aromatic carbocycles. The predicted octanol–water partition coefficient (Wildman–Crippen LogP) is 5.13. The Labute approximate surface area is 230 Å². The highest BCUT2D eigenvalue weighted by molar-refractivity contribution is 5.88. The van der Waals surface area contributed by atoms with Crippen LogP contribution in [-0.2, 0) is 12.8 Å². The summed E-state index contributed by atoms with van der Waals surface area (Å²) in [5.74, 6) is 0.378. The molecule has 2 aliphatic rings. The third-order valence-electron chi connectivity index (χ3n) is 8.95. The lowest BCUT2D eigenvalue weighted by Crippen LogP contribution is -2.31. The van der Waals surface area contributed by atoms with E-state index in [4.69, 9.17) is 0 Å². The Kier molecular flexibility index (Phi) is 6.19. The first-order chi connectivity index (χ1) is 19.2. The fraction of sp³-hybridized carbons (Fsp3) is 0.333. The van der Waals surface area contributed by atoms with E-state index in [2.05, 4.69) is 116 Å². The van der Waals surface area contributed by atoms with E-state index in [0.29, 0.717) is 12.0 Å². The molecule has 2 aliphatic heterocycles. The normalized spacial score (nSPS) is 20.5. The molecule has 0 amide bonds. The van der Waals surface area contributed by atoms with Crippen molar-refractivity contribution in [3.05, 3.63) is 95.8 Å². The fourth-order valence-corrected chi connectivity index (χ4v) is 7.11. The first-order valence-electron chi connectivity index (χ1n) is 14.3. The van der Waals surface area contributed by atoms with Crippen LogP contribution >= 0.6 is 0 Å². The van der Waals surface area contributed by atoms with E-state index in [9.17, 15) is 0 Å². The van der Waals surface area contributed by atoms with Crippen LogP contribution in [-0.4, -0.2) is 61.0 Å². The van der Waals surface area contributed by atoms with Crippen LogP contribution in [0.1, 0.15) is 28.7 Å². The molecule has 39 heavy (non-hydrogen) atoms. The number of nitrogens with zero attached hydrogens (tertiary/aromatic N) is 3. The summed E-state index contributed by atoms with van der Waals surface area (Å²) < 4.78 is 4.98. The quantitative estimate of drug-likeness (QED) is 0.267. The van der Waals surface area contributed by atoms with Gasteiger partial charge in [0.15, 0.2) is 0 Å². The topological polar surface area (TPSA) is 49.2 Å². The molecule has 0 saturated carbocycles. The van der Waals surface area contributed by atoms with E-state index in [-0.39, 0.29) is 6.17 Å². The Bertz CT molecular complexity index is 1650. The predicted molar refractivity (Wildman–Crippen MR) is 162 cm³/mol. The van der Waals surface area contributed by atoms with Crippen molar-refractivity contribution in [3.8, 4) is 5.69 Å². The Morgan fingerprint density at radius 3 is 2.21 bits per heavy atom. The summed E-state index contributed by atoms with van der Waals surface area (Å²) in [5, 5.41) is 13.4. The first kappa shape index (κ1) is 24.5. The van der Waals surface area contributed by atoms with Gasteiger partial charge in [0.05, 0.1) is 29.1 Å². The molecule has 0 radical (unpaired) electrons. The smallest absolute Gasteiger partial charge is 0.0883 e. The number of para-hydroxylation sites is 3. The number of likely N-dealkylation sites (N-methyl/N-ethyl adjacent to an activating group) is 3. The maximum absolute atomic E-state index is 3.99. The number of hydrogen-bond donors (Lipinski definition) is 3. The summed E-state index contributed by atoms with van der Waals surface area (Å²) in [6, 6.07) is 25.0. The second kappa shape index (κ2) is 9.87. The minimum absolute atomic E-state index is 0.277. The fourth-order valence-electron chi connectivity index (χ4n) is 7.11. The van der Waals surface area contributed by atoms with Gasteiger partial charge < -0.3 is 25.1 Å². The van der Waals surface area contributed by atoms with Crippen LogP contribution in [0.4, 0.5) is 5.69 Å². The van der Waals surface area contributed by atoms with Crippen LogP contribution in [0, 0.1) is 0 Å². The molecular weight excluding hydrogens is 480 g/mol. The number of likely N-dealkylation sites (tertiary alicyclic amines) is 1. The van der Waals surface area contributed by atoms with Gasteiger partial charge in [-0.2, -0.15) is 0 Å². The minimum atomic E-state index is 0.277. The Morgan fingerprint density at radius 1 is 0.795 bits per heavy atom. The SMILES string of the molecule is CNCCc1cn(-c2cccc3c2N[C@@H]2C3[C@@H](n3cc(CCNC)c4ccccc43)CN2C)c2ccccc12. The van der Waals surface area contributed by atoms with Crippen molar-refractivity contribution < 1.29 is 0 Å². The zero-order valence-corrected chi connectivity index (χ0v) is 23.1. The molecule has 6 heteroatoms. The molecule has 6 nitrogen and oxygen atoms in total. The third-order valence-corrected chi connectivity index (χ3v) is 8.95. The molecule has 1 unspecified atom stereocenters. The Balaban J connectivity index is 1.33. The lowest BCUT2D eigenvalue weighted by atomic mass is 9.93.